The number of rotatable bonds is 7. The third kappa shape index (κ3) is 4.40. The van der Waals surface area contributed by atoms with E-state index in [9.17, 15) is 9.59 Å². The van der Waals surface area contributed by atoms with E-state index in [4.69, 9.17) is 9.47 Å². The monoisotopic (exact) mass is 395 g/mol. The molecule has 0 spiro atoms. The van der Waals surface area contributed by atoms with Gasteiger partial charge in [0.05, 0.1) is 24.3 Å². The Balaban J connectivity index is 1.95. The second-order valence-corrected chi connectivity index (χ2v) is 6.88. The van der Waals surface area contributed by atoms with Gasteiger partial charge in [-0.1, -0.05) is 42.5 Å². The average Bonchev–Trinajstić information content (AvgIpc) is 3.13. The minimum atomic E-state index is -0.464. The molecule has 0 aliphatic carbocycles. The van der Waals surface area contributed by atoms with Crippen LogP contribution in [0.5, 0.6) is 5.75 Å². The van der Waals surface area contributed by atoms with Crippen molar-refractivity contribution in [1.29, 1.82) is 0 Å². The van der Waals surface area contributed by atoms with Crippen LogP contribution in [0.4, 0.5) is 5.00 Å². The third-order valence-electron chi connectivity index (χ3n) is 3.94. The van der Waals surface area contributed by atoms with Crippen molar-refractivity contribution in [3.8, 4) is 16.2 Å². The van der Waals surface area contributed by atoms with E-state index in [2.05, 4.69) is 5.32 Å². The quantitative estimate of drug-likeness (QED) is 0.556. The molecule has 0 bridgehead atoms. The summed E-state index contributed by atoms with van der Waals surface area (Å²) in [6, 6.07) is 18.5. The highest BCUT2D eigenvalue weighted by Crippen LogP contribution is 2.36. The third-order valence-corrected chi connectivity index (χ3v) is 5.04. The summed E-state index contributed by atoms with van der Waals surface area (Å²) in [7, 11) is 0. The Morgan fingerprint density at radius 1 is 0.929 bits per heavy atom. The van der Waals surface area contributed by atoms with E-state index in [-0.39, 0.29) is 12.5 Å². The van der Waals surface area contributed by atoms with E-state index >= 15 is 0 Å². The summed E-state index contributed by atoms with van der Waals surface area (Å²) in [4.78, 5) is 26.1. The topological polar surface area (TPSA) is 64.6 Å². The molecule has 3 aromatic rings. The Morgan fingerprint density at radius 3 is 2.36 bits per heavy atom. The van der Waals surface area contributed by atoms with Crippen molar-refractivity contribution in [3.05, 3.63) is 71.8 Å². The molecule has 1 heterocycles. The van der Waals surface area contributed by atoms with Gasteiger partial charge in [0.25, 0.3) is 5.91 Å². The molecule has 1 amide bonds. The van der Waals surface area contributed by atoms with Crippen molar-refractivity contribution in [1.82, 2.24) is 0 Å². The molecule has 0 unspecified atom stereocenters. The molecule has 0 saturated carbocycles. The van der Waals surface area contributed by atoms with Gasteiger partial charge in [-0.3, -0.25) is 4.79 Å². The van der Waals surface area contributed by atoms with Gasteiger partial charge in [0.1, 0.15) is 10.8 Å². The van der Waals surface area contributed by atoms with Crippen molar-refractivity contribution in [2.75, 3.05) is 18.5 Å². The first-order valence-electron chi connectivity index (χ1n) is 9.03. The van der Waals surface area contributed by atoms with Gasteiger partial charge in [-0.25, -0.2) is 4.79 Å². The number of benzene rings is 2. The fourth-order valence-corrected chi connectivity index (χ4v) is 3.74. The minimum absolute atomic E-state index is 0.260. The smallest absolute Gasteiger partial charge is 0.341 e. The number of carbonyl (C=O) groups excluding carboxylic acids is 2. The number of hydrogen-bond acceptors (Lipinski definition) is 5. The number of esters is 1. The van der Waals surface area contributed by atoms with Gasteiger partial charge in [0.15, 0.2) is 0 Å². The first-order valence-corrected chi connectivity index (χ1v) is 9.85. The summed E-state index contributed by atoms with van der Waals surface area (Å²) >= 11 is 1.34. The zero-order valence-corrected chi connectivity index (χ0v) is 16.5. The summed E-state index contributed by atoms with van der Waals surface area (Å²) < 4.78 is 10.7. The molecule has 0 radical (unpaired) electrons. The molecule has 5 nitrogen and oxygen atoms in total. The van der Waals surface area contributed by atoms with Crippen LogP contribution in [0.25, 0.3) is 10.4 Å². The Labute approximate surface area is 167 Å². The van der Waals surface area contributed by atoms with Crippen molar-refractivity contribution in [2.24, 2.45) is 0 Å². The molecule has 0 fully saturated rings. The molecular weight excluding hydrogens is 374 g/mol. The van der Waals surface area contributed by atoms with Crippen molar-refractivity contribution < 1.29 is 19.1 Å². The molecule has 0 atom stereocenters. The van der Waals surface area contributed by atoms with E-state index in [0.29, 0.717) is 28.5 Å². The van der Waals surface area contributed by atoms with Gasteiger partial charge in [-0.15, -0.1) is 11.3 Å². The van der Waals surface area contributed by atoms with E-state index in [1.165, 1.54) is 11.3 Å². The lowest BCUT2D eigenvalue weighted by Crippen LogP contribution is -2.15. The Bertz CT molecular complexity index is 966. The van der Waals surface area contributed by atoms with Crippen LogP contribution in [0, 0.1) is 0 Å². The number of nitrogens with one attached hydrogen (secondary N) is 1. The summed E-state index contributed by atoms with van der Waals surface area (Å²) in [5, 5.41) is 3.31. The fraction of sp³-hybridized carbons (Fsp3) is 0.182. The van der Waals surface area contributed by atoms with Crippen LogP contribution in [-0.2, 0) is 4.74 Å². The lowest BCUT2D eigenvalue weighted by atomic mass is 10.1. The minimum Gasteiger partial charge on any atom is -0.493 e. The number of anilines is 1. The molecule has 2 aromatic carbocycles. The average molecular weight is 395 g/mol. The second-order valence-electron chi connectivity index (χ2n) is 5.82. The molecule has 0 saturated heterocycles. The molecule has 0 aliphatic heterocycles. The number of carbonyl (C=O) groups is 2. The van der Waals surface area contributed by atoms with Gasteiger partial charge in [-0.2, -0.15) is 0 Å². The molecule has 28 heavy (non-hydrogen) atoms. The zero-order chi connectivity index (χ0) is 19.9. The van der Waals surface area contributed by atoms with E-state index in [0.717, 1.165) is 10.4 Å². The molecule has 0 aliphatic rings. The predicted octanol–water partition coefficient (Wildman–Crippen LogP) is 5.24. The first-order chi connectivity index (χ1) is 13.6. The van der Waals surface area contributed by atoms with Crippen LogP contribution < -0.4 is 10.1 Å². The Hall–Kier alpha value is -3.12. The van der Waals surface area contributed by atoms with Crippen molar-refractivity contribution >= 4 is 28.2 Å². The SMILES string of the molecule is CCOC(=O)c1cc(-c2ccccc2)sc1NC(=O)c1ccccc1OCC. The van der Waals surface area contributed by atoms with E-state index in [1.54, 1.807) is 31.2 Å². The molecule has 1 aromatic heterocycles. The van der Waals surface area contributed by atoms with Crippen LogP contribution in [-0.4, -0.2) is 25.1 Å². The largest absolute Gasteiger partial charge is 0.493 e. The molecule has 1 N–H and O–H groups in total. The molecule has 144 valence electrons. The van der Waals surface area contributed by atoms with E-state index in [1.807, 2.05) is 43.3 Å². The van der Waals surface area contributed by atoms with Crippen LogP contribution >= 0.6 is 11.3 Å². The molecule has 6 heteroatoms. The Kier molecular flexibility index (Phi) is 6.45. The Morgan fingerprint density at radius 2 is 1.64 bits per heavy atom. The molecular formula is C22H21NO4S. The lowest BCUT2D eigenvalue weighted by molar-refractivity contribution is 0.0528. The fourth-order valence-electron chi connectivity index (χ4n) is 2.70. The van der Waals surface area contributed by atoms with Crippen LogP contribution in [0.15, 0.2) is 60.7 Å². The van der Waals surface area contributed by atoms with Gasteiger partial charge in [-0.05, 0) is 37.6 Å². The van der Waals surface area contributed by atoms with Gasteiger partial charge >= 0.3 is 5.97 Å². The summed E-state index contributed by atoms with van der Waals surface area (Å²) in [6.07, 6.45) is 0. The predicted molar refractivity (Wildman–Crippen MR) is 111 cm³/mol. The van der Waals surface area contributed by atoms with Gasteiger partial charge in [0.2, 0.25) is 0 Å². The van der Waals surface area contributed by atoms with E-state index < -0.39 is 5.97 Å². The summed E-state index contributed by atoms with van der Waals surface area (Å²) in [6.45, 7) is 4.32. The number of para-hydroxylation sites is 1. The maximum atomic E-state index is 12.9. The lowest BCUT2D eigenvalue weighted by Gasteiger charge is -2.10. The van der Waals surface area contributed by atoms with Crippen molar-refractivity contribution in [3.63, 3.8) is 0 Å². The highest BCUT2D eigenvalue weighted by molar-refractivity contribution is 7.20. The van der Waals surface area contributed by atoms with Crippen molar-refractivity contribution in [2.45, 2.75) is 13.8 Å². The standard InChI is InChI=1S/C22H21NO4S/c1-3-26-18-13-9-8-12-16(18)20(24)23-21-17(22(25)27-4-2)14-19(28-21)15-10-6-5-7-11-15/h5-14H,3-4H2,1-2H3,(H,23,24). The number of hydrogen-bond donors (Lipinski definition) is 1. The summed E-state index contributed by atoms with van der Waals surface area (Å²) in [5.74, 6) is -0.301. The highest BCUT2D eigenvalue weighted by Gasteiger charge is 2.21. The maximum Gasteiger partial charge on any atom is 0.341 e. The number of ether oxygens (including phenoxy) is 2. The van der Waals surface area contributed by atoms with Gasteiger partial charge < -0.3 is 14.8 Å². The normalized spacial score (nSPS) is 10.4. The number of amides is 1. The van der Waals surface area contributed by atoms with Crippen LogP contribution in [0.3, 0.4) is 0 Å². The van der Waals surface area contributed by atoms with Gasteiger partial charge in [0, 0.05) is 4.88 Å². The summed E-state index contributed by atoms with van der Waals surface area (Å²) in [5.41, 5.74) is 1.72. The maximum absolute atomic E-state index is 12.9. The van der Waals surface area contributed by atoms with Crippen LogP contribution in [0.1, 0.15) is 34.6 Å². The zero-order valence-electron chi connectivity index (χ0n) is 15.7. The highest BCUT2D eigenvalue weighted by atomic mass is 32.1. The van der Waals surface area contributed by atoms with Crippen LogP contribution in [0.2, 0.25) is 0 Å². The first kappa shape index (κ1) is 19.6. The number of thiophene rings is 1. The molecule has 3 rings (SSSR count). The second kappa shape index (κ2) is 9.19.